The van der Waals surface area contributed by atoms with E-state index in [-0.39, 0.29) is 5.75 Å². The number of esters is 1. The van der Waals surface area contributed by atoms with Gasteiger partial charge in [0.15, 0.2) is 17.3 Å². The molecule has 0 heterocycles. The van der Waals surface area contributed by atoms with Crippen molar-refractivity contribution in [2.75, 3.05) is 7.11 Å². The van der Waals surface area contributed by atoms with E-state index in [0.717, 1.165) is 0 Å². The Morgan fingerprint density at radius 1 is 1.36 bits per heavy atom. The summed E-state index contributed by atoms with van der Waals surface area (Å²) >= 11 is 0. The lowest BCUT2D eigenvalue weighted by Gasteiger charge is -2.07. The molecule has 0 radical (unpaired) electrons. The van der Waals surface area contributed by atoms with E-state index < -0.39 is 11.7 Å². The molecule has 0 aromatic heterocycles. The fourth-order valence-corrected chi connectivity index (χ4v) is 0.862. The van der Waals surface area contributed by atoms with Gasteiger partial charge in [-0.05, 0) is 18.7 Å². The molecule has 1 rings (SSSR count). The van der Waals surface area contributed by atoms with E-state index in [9.17, 15) is 4.79 Å². The number of rotatable bonds is 3. The summed E-state index contributed by atoms with van der Waals surface area (Å²) in [5.41, 5.74) is 0. The Labute approximate surface area is 81.4 Å². The van der Waals surface area contributed by atoms with Crippen LogP contribution in [0.1, 0.15) is 0 Å². The first-order valence-corrected chi connectivity index (χ1v) is 3.88. The SMILES string of the molecule is C=C(O)C(=O)Oc1ccccc1OC. The van der Waals surface area contributed by atoms with Crippen LogP contribution in [0.4, 0.5) is 0 Å². The number of aliphatic hydroxyl groups is 1. The van der Waals surface area contributed by atoms with Crippen LogP contribution in [0.5, 0.6) is 11.5 Å². The number of aliphatic hydroxyl groups excluding tert-OH is 1. The monoisotopic (exact) mass is 194 g/mol. The third kappa shape index (κ3) is 2.26. The fraction of sp³-hybridized carbons (Fsp3) is 0.100. The quantitative estimate of drug-likeness (QED) is 0.344. The number of hydrogen-bond donors (Lipinski definition) is 1. The number of benzene rings is 1. The second-order valence-electron chi connectivity index (χ2n) is 2.49. The van der Waals surface area contributed by atoms with Crippen LogP contribution in [-0.2, 0) is 4.79 Å². The Kier molecular flexibility index (Phi) is 3.12. The number of hydrogen-bond acceptors (Lipinski definition) is 4. The van der Waals surface area contributed by atoms with E-state index in [1.807, 2.05) is 0 Å². The zero-order valence-electron chi connectivity index (χ0n) is 7.69. The Balaban J connectivity index is 2.85. The molecule has 4 heteroatoms. The van der Waals surface area contributed by atoms with E-state index in [4.69, 9.17) is 14.6 Å². The summed E-state index contributed by atoms with van der Waals surface area (Å²) in [5, 5.41) is 8.74. The lowest BCUT2D eigenvalue weighted by molar-refractivity contribution is -0.133. The van der Waals surface area contributed by atoms with Gasteiger partial charge in [-0.1, -0.05) is 12.1 Å². The maximum absolute atomic E-state index is 11.0. The van der Waals surface area contributed by atoms with Crippen molar-refractivity contribution in [3.8, 4) is 11.5 Å². The lowest BCUT2D eigenvalue weighted by Crippen LogP contribution is -2.10. The van der Waals surface area contributed by atoms with Gasteiger partial charge in [0.25, 0.3) is 0 Å². The Morgan fingerprint density at radius 3 is 2.43 bits per heavy atom. The van der Waals surface area contributed by atoms with Gasteiger partial charge in [-0.2, -0.15) is 0 Å². The fourth-order valence-electron chi connectivity index (χ4n) is 0.862. The van der Waals surface area contributed by atoms with Gasteiger partial charge < -0.3 is 14.6 Å². The highest BCUT2D eigenvalue weighted by Crippen LogP contribution is 2.26. The maximum Gasteiger partial charge on any atom is 0.378 e. The van der Waals surface area contributed by atoms with Crippen LogP contribution in [0.3, 0.4) is 0 Å². The van der Waals surface area contributed by atoms with E-state index in [1.54, 1.807) is 24.3 Å². The minimum Gasteiger partial charge on any atom is -0.502 e. The summed E-state index contributed by atoms with van der Waals surface area (Å²) in [6, 6.07) is 6.62. The van der Waals surface area contributed by atoms with Crippen molar-refractivity contribution in [1.29, 1.82) is 0 Å². The molecule has 0 bridgehead atoms. The smallest absolute Gasteiger partial charge is 0.378 e. The van der Waals surface area contributed by atoms with Gasteiger partial charge in [0.05, 0.1) is 7.11 Å². The predicted octanol–water partition coefficient (Wildman–Crippen LogP) is 1.67. The average Bonchev–Trinajstić information content (AvgIpc) is 2.18. The van der Waals surface area contributed by atoms with Crippen molar-refractivity contribution < 1.29 is 19.4 Å². The van der Waals surface area contributed by atoms with Gasteiger partial charge in [-0.15, -0.1) is 0 Å². The average molecular weight is 194 g/mol. The first kappa shape index (κ1) is 10.1. The summed E-state index contributed by atoms with van der Waals surface area (Å²) in [5.74, 6) is -0.872. The van der Waals surface area contributed by atoms with E-state index in [0.29, 0.717) is 5.75 Å². The molecule has 0 amide bonds. The van der Waals surface area contributed by atoms with Crippen molar-refractivity contribution in [3.05, 3.63) is 36.6 Å². The van der Waals surface area contributed by atoms with Crippen LogP contribution in [-0.4, -0.2) is 18.2 Å². The van der Waals surface area contributed by atoms with Crippen molar-refractivity contribution in [1.82, 2.24) is 0 Å². The van der Waals surface area contributed by atoms with E-state index >= 15 is 0 Å². The number of ether oxygens (including phenoxy) is 2. The van der Waals surface area contributed by atoms with Gasteiger partial charge in [0.1, 0.15) is 0 Å². The van der Waals surface area contributed by atoms with Gasteiger partial charge in [0, 0.05) is 0 Å². The van der Waals surface area contributed by atoms with Crippen molar-refractivity contribution in [2.45, 2.75) is 0 Å². The van der Waals surface area contributed by atoms with Crippen LogP contribution < -0.4 is 9.47 Å². The highest BCUT2D eigenvalue weighted by Gasteiger charge is 2.10. The summed E-state index contributed by atoms with van der Waals surface area (Å²) in [7, 11) is 1.46. The molecule has 1 aromatic rings. The molecule has 0 aliphatic carbocycles. The van der Waals surface area contributed by atoms with Crippen LogP contribution in [0, 0.1) is 0 Å². The minimum absolute atomic E-state index is 0.246. The molecule has 1 N–H and O–H groups in total. The van der Waals surface area contributed by atoms with Crippen LogP contribution in [0.25, 0.3) is 0 Å². The Hall–Kier alpha value is -1.97. The molecule has 0 aliphatic heterocycles. The highest BCUT2D eigenvalue weighted by molar-refractivity contribution is 5.87. The molecule has 0 unspecified atom stereocenters. The summed E-state index contributed by atoms with van der Waals surface area (Å²) in [6.45, 7) is 3.05. The number of para-hydroxylation sites is 2. The molecule has 0 spiro atoms. The molecule has 0 saturated carbocycles. The number of carbonyl (C=O) groups excluding carboxylic acids is 1. The topological polar surface area (TPSA) is 55.8 Å². The molecular formula is C10H10O4. The minimum atomic E-state index is -0.894. The second kappa shape index (κ2) is 4.32. The molecular weight excluding hydrogens is 184 g/mol. The van der Waals surface area contributed by atoms with Gasteiger partial charge >= 0.3 is 5.97 Å². The second-order valence-corrected chi connectivity index (χ2v) is 2.49. The summed E-state index contributed by atoms with van der Waals surface area (Å²) in [6.07, 6.45) is 0. The van der Waals surface area contributed by atoms with Crippen LogP contribution >= 0.6 is 0 Å². The lowest BCUT2D eigenvalue weighted by atomic mass is 10.3. The normalized spacial score (nSPS) is 9.21. The largest absolute Gasteiger partial charge is 0.502 e. The summed E-state index contributed by atoms with van der Waals surface area (Å²) < 4.78 is 9.72. The van der Waals surface area contributed by atoms with Crippen molar-refractivity contribution >= 4 is 5.97 Å². The Bertz CT molecular complexity index is 357. The Morgan fingerprint density at radius 2 is 1.93 bits per heavy atom. The first-order chi connectivity index (χ1) is 6.65. The molecule has 0 saturated heterocycles. The number of carbonyl (C=O) groups is 1. The molecule has 4 nitrogen and oxygen atoms in total. The molecule has 0 fully saturated rings. The molecule has 0 atom stereocenters. The zero-order valence-corrected chi connectivity index (χ0v) is 7.69. The summed E-state index contributed by atoms with van der Waals surface area (Å²) in [4.78, 5) is 11.0. The van der Waals surface area contributed by atoms with Gasteiger partial charge in [-0.25, -0.2) is 4.79 Å². The van der Waals surface area contributed by atoms with E-state index in [2.05, 4.69) is 6.58 Å². The van der Waals surface area contributed by atoms with Gasteiger partial charge in [-0.3, -0.25) is 0 Å². The molecule has 14 heavy (non-hydrogen) atoms. The molecule has 74 valence electrons. The maximum atomic E-state index is 11.0. The van der Waals surface area contributed by atoms with Gasteiger partial charge in [0.2, 0.25) is 0 Å². The van der Waals surface area contributed by atoms with Crippen molar-refractivity contribution in [3.63, 3.8) is 0 Å². The van der Waals surface area contributed by atoms with E-state index in [1.165, 1.54) is 7.11 Å². The molecule has 1 aromatic carbocycles. The predicted molar refractivity (Wildman–Crippen MR) is 50.4 cm³/mol. The highest BCUT2D eigenvalue weighted by atomic mass is 16.6. The third-order valence-electron chi connectivity index (χ3n) is 1.51. The molecule has 0 aliphatic rings. The number of methoxy groups -OCH3 is 1. The zero-order chi connectivity index (χ0) is 10.6. The van der Waals surface area contributed by atoms with Crippen molar-refractivity contribution in [2.24, 2.45) is 0 Å². The third-order valence-corrected chi connectivity index (χ3v) is 1.51. The standard InChI is InChI=1S/C10H10O4/c1-7(11)10(12)14-9-6-4-3-5-8(9)13-2/h3-6,11H,1H2,2H3. The van der Waals surface area contributed by atoms with Crippen LogP contribution in [0.15, 0.2) is 36.6 Å². The van der Waals surface area contributed by atoms with Crippen LogP contribution in [0.2, 0.25) is 0 Å². The first-order valence-electron chi connectivity index (χ1n) is 3.88.